The molecule has 2 aromatic rings. The first kappa shape index (κ1) is 12.5. The number of thiazole rings is 1. The summed E-state index contributed by atoms with van der Waals surface area (Å²) in [5.41, 5.74) is 0. The molecule has 0 saturated heterocycles. The SMILES string of the molecule is O=C(COc1cccc(F)c1)NCc1nccs1. The normalized spacial score (nSPS) is 10.1. The van der Waals surface area contributed by atoms with Gasteiger partial charge in [0.2, 0.25) is 0 Å². The van der Waals surface area contributed by atoms with E-state index in [4.69, 9.17) is 4.74 Å². The Morgan fingerprint density at radius 3 is 3.11 bits per heavy atom. The Bertz CT molecular complexity index is 517. The molecule has 0 aliphatic carbocycles. The van der Waals surface area contributed by atoms with Crippen LogP contribution in [0.5, 0.6) is 5.75 Å². The van der Waals surface area contributed by atoms with E-state index >= 15 is 0 Å². The van der Waals surface area contributed by atoms with Crippen LogP contribution in [0.4, 0.5) is 4.39 Å². The highest BCUT2D eigenvalue weighted by atomic mass is 32.1. The fourth-order valence-electron chi connectivity index (χ4n) is 1.27. The molecule has 0 saturated carbocycles. The average molecular weight is 266 g/mol. The van der Waals surface area contributed by atoms with Gasteiger partial charge in [-0.2, -0.15) is 0 Å². The summed E-state index contributed by atoms with van der Waals surface area (Å²) in [7, 11) is 0. The van der Waals surface area contributed by atoms with Crippen LogP contribution in [-0.2, 0) is 11.3 Å². The van der Waals surface area contributed by atoms with Crippen LogP contribution in [0, 0.1) is 5.82 Å². The molecule has 0 aliphatic rings. The van der Waals surface area contributed by atoms with Crippen LogP contribution in [0.1, 0.15) is 5.01 Å². The molecule has 1 heterocycles. The van der Waals surface area contributed by atoms with Gasteiger partial charge in [-0.3, -0.25) is 4.79 Å². The molecule has 1 aromatic heterocycles. The summed E-state index contributed by atoms with van der Waals surface area (Å²) < 4.78 is 18.0. The van der Waals surface area contributed by atoms with Crippen molar-refractivity contribution in [1.29, 1.82) is 0 Å². The van der Waals surface area contributed by atoms with Gasteiger partial charge in [-0.25, -0.2) is 9.37 Å². The van der Waals surface area contributed by atoms with Crippen LogP contribution in [0.25, 0.3) is 0 Å². The molecule has 0 spiro atoms. The summed E-state index contributed by atoms with van der Waals surface area (Å²) in [6, 6.07) is 5.67. The van der Waals surface area contributed by atoms with Crippen LogP contribution < -0.4 is 10.1 Å². The van der Waals surface area contributed by atoms with Gasteiger partial charge in [0.15, 0.2) is 6.61 Å². The van der Waals surface area contributed by atoms with Crippen molar-refractivity contribution in [2.24, 2.45) is 0 Å². The zero-order valence-corrected chi connectivity index (χ0v) is 10.2. The third-order valence-corrected chi connectivity index (χ3v) is 2.87. The average Bonchev–Trinajstić information content (AvgIpc) is 2.87. The van der Waals surface area contributed by atoms with Gasteiger partial charge in [0.05, 0.1) is 6.54 Å². The molecule has 1 amide bonds. The Kier molecular flexibility index (Phi) is 4.25. The molecule has 0 unspecified atom stereocenters. The van der Waals surface area contributed by atoms with E-state index in [0.717, 1.165) is 5.01 Å². The lowest BCUT2D eigenvalue weighted by molar-refractivity contribution is -0.123. The van der Waals surface area contributed by atoms with E-state index in [1.807, 2.05) is 5.38 Å². The number of amides is 1. The summed E-state index contributed by atoms with van der Waals surface area (Å²) in [5.74, 6) is -0.329. The fraction of sp³-hybridized carbons (Fsp3) is 0.167. The number of rotatable bonds is 5. The summed E-state index contributed by atoms with van der Waals surface area (Å²) in [6.07, 6.45) is 1.68. The summed E-state index contributed by atoms with van der Waals surface area (Å²) >= 11 is 1.47. The van der Waals surface area contributed by atoms with Gasteiger partial charge in [0.25, 0.3) is 5.91 Å². The van der Waals surface area contributed by atoms with Crippen molar-refractivity contribution in [2.45, 2.75) is 6.54 Å². The molecule has 4 nitrogen and oxygen atoms in total. The molecule has 94 valence electrons. The highest BCUT2D eigenvalue weighted by Crippen LogP contribution is 2.11. The Morgan fingerprint density at radius 1 is 1.50 bits per heavy atom. The first-order valence-corrected chi connectivity index (χ1v) is 6.15. The van der Waals surface area contributed by atoms with Gasteiger partial charge < -0.3 is 10.1 Å². The van der Waals surface area contributed by atoms with E-state index in [1.54, 1.807) is 12.3 Å². The van der Waals surface area contributed by atoms with Crippen molar-refractivity contribution < 1.29 is 13.9 Å². The summed E-state index contributed by atoms with van der Waals surface area (Å²) in [4.78, 5) is 15.5. The van der Waals surface area contributed by atoms with Crippen LogP contribution in [0.3, 0.4) is 0 Å². The predicted molar refractivity (Wildman–Crippen MR) is 65.9 cm³/mol. The monoisotopic (exact) mass is 266 g/mol. The quantitative estimate of drug-likeness (QED) is 0.900. The molecule has 0 aliphatic heterocycles. The number of ether oxygens (including phenoxy) is 1. The molecular weight excluding hydrogens is 255 g/mol. The molecule has 6 heteroatoms. The molecule has 1 N–H and O–H groups in total. The third kappa shape index (κ3) is 3.81. The molecule has 18 heavy (non-hydrogen) atoms. The largest absolute Gasteiger partial charge is 0.484 e. The van der Waals surface area contributed by atoms with Crippen molar-refractivity contribution in [1.82, 2.24) is 10.3 Å². The lowest BCUT2D eigenvalue weighted by Crippen LogP contribution is -2.28. The molecule has 2 rings (SSSR count). The second-order valence-corrected chi connectivity index (χ2v) is 4.43. The van der Waals surface area contributed by atoms with Crippen LogP contribution in [0.2, 0.25) is 0 Å². The molecular formula is C12H11FN2O2S. The molecule has 0 atom stereocenters. The zero-order chi connectivity index (χ0) is 12.8. The number of carbonyl (C=O) groups is 1. The van der Waals surface area contributed by atoms with Crippen molar-refractivity contribution in [3.8, 4) is 5.75 Å². The first-order valence-electron chi connectivity index (χ1n) is 5.27. The van der Waals surface area contributed by atoms with Crippen molar-refractivity contribution in [3.63, 3.8) is 0 Å². The zero-order valence-electron chi connectivity index (χ0n) is 9.43. The van der Waals surface area contributed by atoms with E-state index in [2.05, 4.69) is 10.3 Å². The lowest BCUT2D eigenvalue weighted by atomic mass is 10.3. The number of nitrogens with zero attached hydrogens (tertiary/aromatic N) is 1. The number of hydrogen-bond donors (Lipinski definition) is 1. The van der Waals surface area contributed by atoms with Gasteiger partial charge in [-0.1, -0.05) is 6.07 Å². The maximum atomic E-state index is 12.8. The van der Waals surface area contributed by atoms with Gasteiger partial charge in [-0.05, 0) is 12.1 Å². The summed E-state index contributed by atoms with van der Waals surface area (Å²) in [5, 5.41) is 5.33. The third-order valence-electron chi connectivity index (χ3n) is 2.09. The highest BCUT2D eigenvalue weighted by molar-refractivity contribution is 7.09. The van der Waals surface area contributed by atoms with Crippen molar-refractivity contribution >= 4 is 17.2 Å². The van der Waals surface area contributed by atoms with Crippen LogP contribution >= 0.6 is 11.3 Å². The number of halogens is 1. The fourth-order valence-corrected chi connectivity index (χ4v) is 1.83. The number of benzene rings is 1. The van der Waals surface area contributed by atoms with E-state index in [9.17, 15) is 9.18 Å². The van der Waals surface area contributed by atoms with Gasteiger partial charge in [0.1, 0.15) is 16.6 Å². The smallest absolute Gasteiger partial charge is 0.258 e. The Balaban J connectivity index is 1.75. The minimum atomic E-state index is -0.393. The number of nitrogens with one attached hydrogen (secondary N) is 1. The van der Waals surface area contributed by atoms with Crippen molar-refractivity contribution in [3.05, 3.63) is 46.7 Å². The summed E-state index contributed by atoms with van der Waals surface area (Å²) in [6.45, 7) is 0.234. The second-order valence-electron chi connectivity index (χ2n) is 3.45. The maximum absolute atomic E-state index is 12.8. The van der Waals surface area contributed by atoms with E-state index in [1.165, 1.54) is 29.5 Å². The molecule has 1 aromatic carbocycles. The molecule has 0 radical (unpaired) electrons. The van der Waals surface area contributed by atoms with Gasteiger partial charge in [-0.15, -0.1) is 11.3 Å². The molecule has 0 bridgehead atoms. The topological polar surface area (TPSA) is 51.2 Å². The Hall–Kier alpha value is -1.95. The van der Waals surface area contributed by atoms with Crippen LogP contribution in [0.15, 0.2) is 35.8 Å². The standard InChI is InChI=1S/C12H11FN2O2S/c13-9-2-1-3-10(6-9)17-8-11(16)15-7-12-14-4-5-18-12/h1-6H,7-8H2,(H,15,16). The van der Waals surface area contributed by atoms with Crippen molar-refractivity contribution in [2.75, 3.05) is 6.61 Å². The van der Waals surface area contributed by atoms with Gasteiger partial charge in [0, 0.05) is 17.6 Å². The number of aromatic nitrogens is 1. The lowest BCUT2D eigenvalue weighted by Gasteiger charge is -2.06. The Morgan fingerprint density at radius 2 is 2.39 bits per heavy atom. The Labute approximate surface area is 107 Å². The van der Waals surface area contributed by atoms with E-state index in [-0.39, 0.29) is 12.5 Å². The number of carbonyl (C=O) groups excluding carboxylic acids is 1. The van der Waals surface area contributed by atoms with E-state index < -0.39 is 5.82 Å². The minimum absolute atomic E-state index is 0.144. The maximum Gasteiger partial charge on any atom is 0.258 e. The highest BCUT2D eigenvalue weighted by Gasteiger charge is 2.04. The predicted octanol–water partition coefficient (Wildman–Crippen LogP) is 1.98. The second kappa shape index (κ2) is 6.11. The first-order chi connectivity index (χ1) is 8.74. The van der Waals surface area contributed by atoms with Gasteiger partial charge >= 0.3 is 0 Å². The van der Waals surface area contributed by atoms with Crippen LogP contribution in [-0.4, -0.2) is 17.5 Å². The van der Waals surface area contributed by atoms with E-state index in [0.29, 0.717) is 12.3 Å². The molecule has 0 fully saturated rings. The number of hydrogen-bond acceptors (Lipinski definition) is 4. The minimum Gasteiger partial charge on any atom is -0.484 e.